The van der Waals surface area contributed by atoms with Gasteiger partial charge < -0.3 is 4.74 Å². The number of carbonyl (C=O) groups excluding carboxylic acids is 1. The minimum Gasteiger partial charge on any atom is -0.486 e. The summed E-state index contributed by atoms with van der Waals surface area (Å²) in [6.45, 7) is 0.256. The van der Waals surface area contributed by atoms with Gasteiger partial charge in [0.05, 0.1) is 10.0 Å². The number of hydrazine groups is 1. The van der Waals surface area contributed by atoms with E-state index in [4.69, 9.17) is 45.4 Å². The van der Waals surface area contributed by atoms with Crippen LogP contribution in [0.15, 0.2) is 36.4 Å². The van der Waals surface area contributed by atoms with Gasteiger partial charge >= 0.3 is 0 Å². The van der Waals surface area contributed by atoms with Gasteiger partial charge in [0.1, 0.15) is 6.61 Å². The minimum absolute atomic E-state index is 0.256. The van der Waals surface area contributed by atoms with Gasteiger partial charge in [-0.3, -0.25) is 10.2 Å². The van der Waals surface area contributed by atoms with Gasteiger partial charge in [-0.2, -0.15) is 0 Å². The summed E-state index contributed by atoms with van der Waals surface area (Å²) in [6, 6.07) is 9.90. The Morgan fingerprint density at radius 2 is 1.67 bits per heavy atom. The Hall–Kier alpha value is -1.46. The van der Waals surface area contributed by atoms with E-state index in [2.05, 4.69) is 5.43 Å². The highest BCUT2D eigenvalue weighted by atomic mass is 35.5. The van der Waals surface area contributed by atoms with Crippen molar-refractivity contribution in [2.45, 2.75) is 6.61 Å². The van der Waals surface area contributed by atoms with E-state index >= 15 is 0 Å². The molecule has 0 aliphatic rings. The second-order valence-corrected chi connectivity index (χ2v) is 5.41. The molecule has 7 heteroatoms. The molecule has 0 aromatic heterocycles. The van der Waals surface area contributed by atoms with E-state index in [1.807, 2.05) is 0 Å². The summed E-state index contributed by atoms with van der Waals surface area (Å²) < 4.78 is 5.59. The Labute approximate surface area is 136 Å². The summed E-state index contributed by atoms with van der Waals surface area (Å²) in [5, 5.41) is 1.12. The predicted molar refractivity (Wildman–Crippen MR) is 83.9 cm³/mol. The smallest absolute Gasteiger partial charge is 0.265 e. The summed E-state index contributed by atoms with van der Waals surface area (Å²) in [5.41, 5.74) is 3.38. The molecule has 0 atom stereocenters. The van der Waals surface area contributed by atoms with Crippen molar-refractivity contribution in [1.82, 2.24) is 5.43 Å². The molecule has 21 heavy (non-hydrogen) atoms. The number of nitrogens with two attached hydrogens (primary N) is 1. The van der Waals surface area contributed by atoms with Gasteiger partial charge in [-0.05, 0) is 29.8 Å². The van der Waals surface area contributed by atoms with E-state index in [0.717, 1.165) is 5.56 Å². The fourth-order valence-corrected chi connectivity index (χ4v) is 2.58. The highest BCUT2D eigenvalue weighted by molar-refractivity contribution is 6.40. The molecular weight excluding hydrogens is 335 g/mol. The molecule has 0 radical (unpaired) electrons. The van der Waals surface area contributed by atoms with Crippen LogP contribution in [-0.4, -0.2) is 5.91 Å². The zero-order valence-electron chi connectivity index (χ0n) is 10.7. The lowest BCUT2D eigenvalue weighted by Crippen LogP contribution is -2.29. The average Bonchev–Trinajstić information content (AvgIpc) is 2.46. The van der Waals surface area contributed by atoms with Crippen LogP contribution in [0, 0.1) is 0 Å². The number of rotatable bonds is 4. The zero-order chi connectivity index (χ0) is 15.4. The quantitative estimate of drug-likeness (QED) is 0.503. The summed E-state index contributed by atoms with van der Waals surface area (Å²) in [6.07, 6.45) is 0. The van der Waals surface area contributed by atoms with Crippen LogP contribution in [0.1, 0.15) is 15.9 Å². The lowest BCUT2D eigenvalue weighted by atomic mass is 10.1. The van der Waals surface area contributed by atoms with Crippen LogP contribution in [-0.2, 0) is 6.61 Å². The zero-order valence-corrected chi connectivity index (χ0v) is 13.0. The fourth-order valence-electron chi connectivity index (χ4n) is 1.66. The standard InChI is InChI=1S/C14H11Cl3N2O2/c15-10-5-11(16)13(12(17)6-10)21-7-8-1-3-9(4-2-8)14(20)19-18/h1-6H,7,18H2,(H,19,20). The molecule has 0 saturated heterocycles. The lowest BCUT2D eigenvalue weighted by Gasteiger charge is -2.10. The molecule has 0 bridgehead atoms. The SMILES string of the molecule is NNC(=O)c1ccc(COc2c(Cl)cc(Cl)cc2Cl)cc1. The Morgan fingerprint density at radius 1 is 1.10 bits per heavy atom. The maximum absolute atomic E-state index is 11.3. The van der Waals surface area contributed by atoms with Crippen molar-refractivity contribution in [3.63, 3.8) is 0 Å². The first kappa shape index (κ1) is 15.9. The van der Waals surface area contributed by atoms with Crippen LogP contribution in [0.4, 0.5) is 0 Å². The third kappa shape index (κ3) is 4.02. The molecule has 110 valence electrons. The van der Waals surface area contributed by atoms with Crippen LogP contribution in [0.25, 0.3) is 0 Å². The molecule has 2 rings (SSSR count). The molecule has 2 aromatic rings. The molecule has 0 aliphatic carbocycles. The van der Waals surface area contributed by atoms with Crippen molar-refractivity contribution in [2.24, 2.45) is 5.84 Å². The van der Waals surface area contributed by atoms with Gasteiger partial charge in [-0.25, -0.2) is 5.84 Å². The van der Waals surface area contributed by atoms with Gasteiger partial charge in [-0.15, -0.1) is 0 Å². The van der Waals surface area contributed by atoms with E-state index in [9.17, 15) is 4.79 Å². The number of ether oxygens (including phenoxy) is 1. The minimum atomic E-state index is -0.355. The Kier molecular flexibility index (Phi) is 5.31. The highest BCUT2D eigenvalue weighted by Crippen LogP contribution is 2.36. The molecule has 4 nitrogen and oxygen atoms in total. The van der Waals surface area contributed by atoms with Crippen molar-refractivity contribution in [3.05, 3.63) is 62.6 Å². The number of benzene rings is 2. The van der Waals surface area contributed by atoms with Crippen LogP contribution < -0.4 is 16.0 Å². The van der Waals surface area contributed by atoms with Crippen molar-refractivity contribution in [3.8, 4) is 5.75 Å². The van der Waals surface area contributed by atoms with Crippen LogP contribution in [0.2, 0.25) is 15.1 Å². The fraction of sp³-hybridized carbons (Fsp3) is 0.0714. The van der Waals surface area contributed by atoms with Crippen molar-refractivity contribution < 1.29 is 9.53 Å². The third-order valence-electron chi connectivity index (χ3n) is 2.69. The van der Waals surface area contributed by atoms with Crippen molar-refractivity contribution >= 4 is 40.7 Å². The molecule has 0 saturated carbocycles. The molecule has 1 amide bonds. The van der Waals surface area contributed by atoms with Crippen molar-refractivity contribution in [2.75, 3.05) is 0 Å². The normalized spacial score (nSPS) is 10.3. The topological polar surface area (TPSA) is 64.3 Å². The lowest BCUT2D eigenvalue weighted by molar-refractivity contribution is 0.0953. The second kappa shape index (κ2) is 7.00. The average molecular weight is 346 g/mol. The van der Waals surface area contributed by atoms with E-state index in [0.29, 0.717) is 26.4 Å². The summed E-state index contributed by atoms with van der Waals surface area (Å²) in [5.74, 6) is 5.07. The maximum Gasteiger partial charge on any atom is 0.265 e. The van der Waals surface area contributed by atoms with Gasteiger partial charge in [0.2, 0.25) is 0 Å². The number of amides is 1. The number of nitrogens with one attached hydrogen (secondary N) is 1. The van der Waals surface area contributed by atoms with E-state index in [-0.39, 0.29) is 12.5 Å². The molecule has 0 fully saturated rings. The molecule has 3 N–H and O–H groups in total. The van der Waals surface area contributed by atoms with Gasteiger partial charge in [0, 0.05) is 10.6 Å². The second-order valence-electron chi connectivity index (χ2n) is 4.16. The molecule has 0 aliphatic heterocycles. The van der Waals surface area contributed by atoms with Crippen LogP contribution in [0.3, 0.4) is 0 Å². The van der Waals surface area contributed by atoms with Gasteiger partial charge in [-0.1, -0.05) is 46.9 Å². The first-order valence-corrected chi connectivity index (χ1v) is 7.02. The number of hydrogen-bond acceptors (Lipinski definition) is 3. The Morgan fingerprint density at radius 3 is 2.19 bits per heavy atom. The summed E-state index contributed by atoms with van der Waals surface area (Å²) in [4.78, 5) is 11.3. The molecular formula is C14H11Cl3N2O2. The highest BCUT2D eigenvalue weighted by Gasteiger charge is 2.10. The number of halogens is 3. The van der Waals surface area contributed by atoms with E-state index in [1.54, 1.807) is 36.4 Å². The largest absolute Gasteiger partial charge is 0.486 e. The van der Waals surface area contributed by atoms with E-state index < -0.39 is 0 Å². The third-order valence-corrected chi connectivity index (χ3v) is 3.47. The number of carbonyl (C=O) groups is 1. The number of hydrogen-bond donors (Lipinski definition) is 2. The van der Waals surface area contributed by atoms with Gasteiger partial charge in [0.15, 0.2) is 5.75 Å². The molecule has 0 unspecified atom stereocenters. The Bertz CT molecular complexity index is 637. The first-order valence-electron chi connectivity index (χ1n) is 5.88. The van der Waals surface area contributed by atoms with Crippen LogP contribution >= 0.6 is 34.8 Å². The van der Waals surface area contributed by atoms with Crippen molar-refractivity contribution in [1.29, 1.82) is 0 Å². The monoisotopic (exact) mass is 344 g/mol. The summed E-state index contributed by atoms with van der Waals surface area (Å²) >= 11 is 17.9. The molecule has 0 heterocycles. The Balaban J connectivity index is 2.08. The molecule has 2 aromatic carbocycles. The summed E-state index contributed by atoms with van der Waals surface area (Å²) in [7, 11) is 0. The van der Waals surface area contributed by atoms with E-state index in [1.165, 1.54) is 0 Å². The molecule has 0 spiro atoms. The van der Waals surface area contributed by atoms with Gasteiger partial charge in [0.25, 0.3) is 5.91 Å². The number of nitrogen functional groups attached to an aromatic ring is 1. The maximum atomic E-state index is 11.3. The van der Waals surface area contributed by atoms with Crippen LogP contribution in [0.5, 0.6) is 5.75 Å². The first-order chi connectivity index (χ1) is 10.0. The predicted octanol–water partition coefficient (Wildman–Crippen LogP) is 3.83.